The maximum Gasteiger partial charge on any atom is 0.270 e. The van der Waals surface area contributed by atoms with Crippen molar-refractivity contribution in [2.24, 2.45) is 10.2 Å². The summed E-state index contributed by atoms with van der Waals surface area (Å²) < 4.78 is 28.3. The number of benzene rings is 2. The predicted molar refractivity (Wildman–Crippen MR) is 120 cm³/mol. The number of aromatic hydroxyl groups is 1. The zero-order valence-electron chi connectivity index (χ0n) is 17.1. The number of halogens is 1. The van der Waals surface area contributed by atoms with Crippen LogP contribution in [0.3, 0.4) is 0 Å². The predicted octanol–water partition coefficient (Wildman–Crippen LogP) is 4.23. The quantitative estimate of drug-likeness (QED) is 0.240. The topological polar surface area (TPSA) is 167 Å². The third kappa shape index (κ3) is 5.42. The van der Waals surface area contributed by atoms with Crippen molar-refractivity contribution in [3.63, 3.8) is 0 Å². The Hall–Kier alpha value is -3.61. The average Bonchev–Trinajstić information content (AvgIpc) is 2.78. The van der Waals surface area contributed by atoms with Gasteiger partial charge in [-0.15, -0.1) is 0 Å². The average molecular weight is 492 g/mol. The maximum absolute atomic E-state index is 13.0. The number of anilines is 1. The molecular formula is C20H18ClN5O6S. The smallest absolute Gasteiger partial charge is 0.270 e. The lowest BCUT2D eigenvalue weighted by Gasteiger charge is -2.11. The SMILES string of the molecule is Cc1ncc(CO)c(CN=Nc2ccc([N+](=O)[O-])cc2S(=O)(=O)Nc2ccccc2Cl)c1O. The number of non-ortho nitro benzene ring substituents is 1. The first-order valence-corrected chi connectivity index (χ1v) is 11.2. The number of sulfonamides is 1. The minimum Gasteiger partial charge on any atom is -0.506 e. The van der Waals surface area contributed by atoms with Crippen LogP contribution < -0.4 is 4.72 Å². The summed E-state index contributed by atoms with van der Waals surface area (Å²) in [6, 6.07) is 9.20. The molecule has 0 amide bonds. The number of aryl methyl sites for hydroxylation is 1. The van der Waals surface area contributed by atoms with Crippen molar-refractivity contribution < 1.29 is 23.6 Å². The second kappa shape index (κ2) is 9.90. The molecule has 2 aromatic carbocycles. The van der Waals surface area contributed by atoms with Crippen LogP contribution in [0.25, 0.3) is 0 Å². The Morgan fingerprint density at radius 3 is 2.64 bits per heavy atom. The molecule has 0 atom stereocenters. The van der Waals surface area contributed by atoms with Gasteiger partial charge in [0, 0.05) is 29.5 Å². The van der Waals surface area contributed by atoms with E-state index < -0.39 is 32.1 Å². The Morgan fingerprint density at radius 1 is 1.24 bits per heavy atom. The molecule has 0 bridgehead atoms. The monoisotopic (exact) mass is 491 g/mol. The van der Waals surface area contributed by atoms with Crippen molar-refractivity contribution in [2.75, 3.05) is 4.72 Å². The largest absolute Gasteiger partial charge is 0.506 e. The molecule has 0 aliphatic heterocycles. The normalized spacial score (nSPS) is 11.6. The van der Waals surface area contributed by atoms with E-state index in [0.717, 1.165) is 18.2 Å². The third-order valence-electron chi connectivity index (χ3n) is 4.57. The molecule has 0 fully saturated rings. The molecule has 3 N–H and O–H groups in total. The Balaban J connectivity index is 2.01. The summed E-state index contributed by atoms with van der Waals surface area (Å²) in [4.78, 5) is 13.9. The fraction of sp³-hybridized carbons (Fsp3) is 0.150. The highest BCUT2D eigenvalue weighted by atomic mass is 35.5. The first kappa shape index (κ1) is 24.0. The minimum absolute atomic E-state index is 0.0818. The van der Waals surface area contributed by atoms with Gasteiger partial charge in [-0.3, -0.25) is 19.8 Å². The summed E-state index contributed by atoms with van der Waals surface area (Å²) in [6.07, 6.45) is 1.38. The summed E-state index contributed by atoms with van der Waals surface area (Å²) in [5, 5.41) is 38.9. The second-order valence-corrected chi connectivity index (χ2v) is 8.81. The second-order valence-electron chi connectivity index (χ2n) is 6.75. The first-order valence-electron chi connectivity index (χ1n) is 9.34. The third-order valence-corrected chi connectivity index (χ3v) is 6.29. The zero-order chi connectivity index (χ0) is 24.2. The first-order chi connectivity index (χ1) is 15.6. The summed E-state index contributed by atoms with van der Waals surface area (Å²) in [7, 11) is -4.34. The molecule has 3 aromatic rings. The van der Waals surface area contributed by atoms with Crippen molar-refractivity contribution in [1.82, 2.24) is 4.98 Å². The standard InChI is InChI=1S/C20H18ClN5O6S/c1-12-20(28)15(13(11-27)9-22-12)10-23-24-18-7-6-14(26(29)30)8-19(18)33(31,32)25-17-5-3-2-4-16(17)21/h2-9,25,27-28H,10-11H2,1H3. The van der Waals surface area contributed by atoms with Crippen molar-refractivity contribution >= 4 is 38.7 Å². The summed E-state index contributed by atoms with van der Waals surface area (Å²) >= 11 is 6.02. The number of nitro benzene ring substituents is 1. The van der Waals surface area contributed by atoms with Gasteiger partial charge in [-0.05, 0) is 25.1 Å². The van der Waals surface area contributed by atoms with Crippen LogP contribution in [0.1, 0.15) is 16.8 Å². The summed E-state index contributed by atoms with van der Waals surface area (Å²) in [5.74, 6) is -0.169. The lowest BCUT2D eigenvalue weighted by Crippen LogP contribution is -2.13. The Labute approximate surface area is 193 Å². The van der Waals surface area contributed by atoms with Crippen molar-refractivity contribution in [1.29, 1.82) is 0 Å². The van der Waals surface area contributed by atoms with Crippen LogP contribution in [-0.4, -0.2) is 28.5 Å². The number of hydrogen-bond donors (Lipinski definition) is 3. The maximum atomic E-state index is 13.0. The molecule has 0 radical (unpaired) electrons. The van der Waals surface area contributed by atoms with E-state index in [9.17, 15) is 28.7 Å². The Kier molecular flexibility index (Phi) is 7.21. The molecule has 3 rings (SSSR count). The number of aromatic nitrogens is 1. The molecule has 33 heavy (non-hydrogen) atoms. The number of azo groups is 1. The van der Waals surface area contributed by atoms with E-state index in [2.05, 4.69) is 19.9 Å². The van der Waals surface area contributed by atoms with Gasteiger partial charge in [0.2, 0.25) is 0 Å². The number of aliphatic hydroxyl groups is 1. The van der Waals surface area contributed by atoms with Crippen LogP contribution in [-0.2, 0) is 23.2 Å². The van der Waals surface area contributed by atoms with Gasteiger partial charge < -0.3 is 10.2 Å². The Bertz CT molecular complexity index is 1350. The van der Waals surface area contributed by atoms with Gasteiger partial charge in [0.25, 0.3) is 15.7 Å². The molecule has 0 saturated heterocycles. The van der Waals surface area contributed by atoms with Crippen molar-refractivity contribution in [3.05, 3.63) is 80.6 Å². The molecule has 172 valence electrons. The van der Waals surface area contributed by atoms with E-state index in [1.165, 1.54) is 18.3 Å². The van der Waals surface area contributed by atoms with Crippen LogP contribution >= 0.6 is 11.6 Å². The van der Waals surface area contributed by atoms with E-state index in [4.69, 9.17) is 11.6 Å². The fourth-order valence-electron chi connectivity index (χ4n) is 2.84. The fourth-order valence-corrected chi connectivity index (χ4v) is 4.31. The molecule has 0 saturated carbocycles. The highest BCUT2D eigenvalue weighted by Gasteiger charge is 2.23. The lowest BCUT2D eigenvalue weighted by atomic mass is 10.1. The lowest BCUT2D eigenvalue weighted by molar-refractivity contribution is -0.385. The highest BCUT2D eigenvalue weighted by molar-refractivity contribution is 7.92. The van der Waals surface area contributed by atoms with Crippen LogP contribution in [0.4, 0.5) is 17.1 Å². The van der Waals surface area contributed by atoms with Crippen LogP contribution in [0.5, 0.6) is 5.75 Å². The number of para-hydroxylation sites is 1. The van der Waals surface area contributed by atoms with Gasteiger partial charge in [-0.1, -0.05) is 23.7 Å². The Morgan fingerprint density at radius 2 is 1.97 bits per heavy atom. The van der Waals surface area contributed by atoms with Gasteiger partial charge >= 0.3 is 0 Å². The highest BCUT2D eigenvalue weighted by Crippen LogP contribution is 2.33. The number of nitrogens with one attached hydrogen (secondary N) is 1. The van der Waals surface area contributed by atoms with E-state index in [1.54, 1.807) is 19.1 Å². The molecule has 0 aliphatic rings. The molecular weight excluding hydrogens is 474 g/mol. The number of nitrogens with zero attached hydrogens (tertiary/aromatic N) is 4. The number of rotatable bonds is 8. The molecule has 11 nitrogen and oxygen atoms in total. The van der Waals surface area contributed by atoms with Gasteiger partial charge in [-0.25, -0.2) is 8.42 Å². The van der Waals surface area contributed by atoms with Crippen molar-refractivity contribution in [3.8, 4) is 5.75 Å². The molecule has 0 spiro atoms. The van der Waals surface area contributed by atoms with Gasteiger partial charge in [0.15, 0.2) is 0 Å². The molecule has 1 aromatic heterocycles. The van der Waals surface area contributed by atoms with Gasteiger partial charge in [-0.2, -0.15) is 10.2 Å². The summed E-state index contributed by atoms with van der Waals surface area (Å²) in [5.41, 5.74) is 0.371. The number of hydrogen-bond acceptors (Lipinski definition) is 9. The van der Waals surface area contributed by atoms with Gasteiger partial charge in [0.05, 0.1) is 34.5 Å². The van der Waals surface area contributed by atoms with Crippen LogP contribution in [0.15, 0.2) is 63.8 Å². The van der Waals surface area contributed by atoms with Gasteiger partial charge in [0.1, 0.15) is 16.3 Å². The molecule has 1 heterocycles. The number of nitro groups is 1. The van der Waals surface area contributed by atoms with E-state index in [0.29, 0.717) is 11.3 Å². The van der Waals surface area contributed by atoms with Crippen LogP contribution in [0.2, 0.25) is 5.02 Å². The number of pyridine rings is 1. The summed E-state index contributed by atoms with van der Waals surface area (Å²) in [6.45, 7) is 0.975. The molecule has 13 heteroatoms. The molecule has 0 unspecified atom stereocenters. The van der Waals surface area contributed by atoms with E-state index >= 15 is 0 Å². The van der Waals surface area contributed by atoms with E-state index in [-0.39, 0.29) is 34.3 Å². The zero-order valence-corrected chi connectivity index (χ0v) is 18.7. The molecule has 0 aliphatic carbocycles. The minimum atomic E-state index is -4.34. The van der Waals surface area contributed by atoms with Crippen LogP contribution in [0, 0.1) is 17.0 Å². The van der Waals surface area contributed by atoms with Crippen molar-refractivity contribution in [2.45, 2.75) is 25.0 Å². The number of aliphatic hydroxyl groups excluding tert-OH is 1. The van der Waals surface area contributed by atoms with E-state index in [1.807, 2.05) is 0 Å².